The topological polar surface area (TPSA) is 74.8 Å². The molecule has 6 heteroatoms. The van der Waals surface area contributed by atoms with Gasteiger partial charge in [0.1, 0.15) is 11.6 Å². The van der Waals surface area contributed by atoms with Gasteiger partial charge >= 0.3 is 0 Å². The number of rotatable bonds is 14. The quantitative estimate of drug-likeness (QED) is 0.179. The Labute approximate surface area is 278 Å². The first kappa shape index (κ1) is 36.6. The lowest BCUT2D eigenvalue weighted by atomic mass is 9.69. The van der Waals surface area contributed by atoms with Gasteiger partial charge in [-0.25, -0.2) is 4.98 Å². The molecule has 2 unspecified atom stereocenters. The van der Waals surface area contributed by atoms with Gasteiger partial charge in [0.05, 0.1) is 0 Å². The van der Waals surface area contributed by atoms with Crippen molar-refractivity contribution in [1.29, 1.82) is 0 Å². The number of anilines is 1. The molecule has 3 N–H and O–H groups in total. The van der Waals surface area contributed by atoms with Crippen molar-refractivity contribution in [3.05, 3.63) is 11.6 Å². The van der Waals surface area contributed by atoms with Gasteiger partial charge in [0.15, 0.2) is 0 Å². The van der Waals surface area contributed by atoms with Gasteiger partial charge in [-0.1, -0.05) is 71.6 Å². The molecule has 1 aliphatic carbocycles. The maximum atomic E-state index is 5.21. The van der Waals surface area contributed by atoms with Gasteiger partial charge in [-0.15, -0.1) is 0 Å². The molecule has 45 heavy (non-hydrogen) atoms. The van der Waals surface area contributed by atoms with Crippen LogP contribution < -0.4 is 16.0 Å². The highest BCUT2D eigenvalue weighted by Crippen LogP contribution is 2.43. The molecule has 2 saturated heterocycles. The van der Waals surface area contributed by atoms with E-state index in [0.29, 0.717) is 17.9 Å². The van der Waals surface area contributed by atoms with Gasteiger partial charge in [-0.2, -0.15) is 9.97 Å². The number of hydrogen-bond acceptors (Lipinski definition) is 6. The van der Waals surface area contributed by atoms with Crippen LogP contribution in [0.3, 0.4) is 0 Å². The first-order valence-electron chi connectivity index (χ1n) is 19.2. The third-order valence-corrected chi connectivity index (χ3v) is 11.3. The molecule has 0 bridgehead atoms. The fourth-order valence-electron chi connectivity index (χ4n) is 10.1. The summed E-state index contributed by atoms with van der Waals surface area (Å²) >= 11 is 0. The van der Waals surface area contributed by atoms with E-state index in [2.05, 4.69) is 85.2 Å². The zero-order valence-electron chi connectivity index (χ0n) is 31.2. The summed E-state index contributed by atoms with van der Waals surface area (Å²) in [7, 11) is 0. The van der Waals surface area contributed by atoms with Gasteiger partial charge in [0.25, 0.3) is 0 Å². The van der Waals surface area contributed by atoms with Gasteiger partial charge < -0.3 is 16.0 Å². The molecule has 3 fully saturated rings. The zero-order chi connectivity index (χ0) is 32.9. The summed E-state index contributed by atoms with van der Waals surface area (Å²) in [5, 5.41) is 11.6. The average molecular weight is 625 g/mol. The standard InChI is InChI=1S/C39H72N6/c1-11-28(29-24-36(3,4)44-37(5,6)25-29)20-16-13-14-19-23-32(30-26-38(7,8)45-39(9,10)27-30)34-41-33(12-2)42-35(43-34)40-31-21-17-15-18-22-31/h28-32,44-45H,11-27H2,1-10H3,(H,40,41,42,43). The predicted molar refractivity (Wildman–Crippen MR) is 192 cm³/mol. The largest absolute Gasteiger partial charge is 0.351 e. The molecule has 3 aliphatic rings. The van der Waals surface area contributed by atoms with Crippen LogP contribution in [0, 0.1) is 17.8 Å². The summed E-state index contributed by atoms with van der Waals surface area (Å²) in [6, 6.07) is 0.503. The van der Waals surface area contributed by atoms with Crippen LogP contribution in [0.2, 0.25) is 0 Å². The van der Waals surface area contributed by atoms with E-state index in [9.17, 15) is 0 Å². The van der Waals surface area contributed by atoms with Crippen LogP contribution in [-0.2, 0) is 6.42 Å². The van der Waals surface area contributed by atoms with E-state index in [1.54, 1.807) is 0 Å². The minimum absolute atomic E-state index is 0.112. The first-order chi connectivity index (χ1) is 21.1. The van der Waals surface area contributed by atoms with Crippen LogP contribution >= 0.6 is 0 Å². The van der Waals surface area contributed by atoms with Crippen LogP contribution in [0.15, 0.2) is 0 Å². The minimum atomic E-state index is 0.112. The Bertz CT molecular complexity index is 1020. The second-order valence-electron chi connectivity index (χ2n) is 18.2. The maximum absolute atomic E-state index is 5.21. The Morgan fingerprint density at radius 2 is 1.20 bits per heavy atom. The Morgan fingerprint density at radius 3 is 1.73 bits per heavy atom. The van der Waals surface area contributed by atoms with E-state index in [-0.39, 0.29) is 22.2 Å². The number of nitrogens with zero attached hydrogens (tertiary/aromatic N) is 3. The Balaban J connectivity index is 1.41. The lowest BCUT2D eigenvalue weighted by Gasteiger charge is -2.49. The molecule has 1 saturated carbocycles. The van der Waals surface area contributed by atoms with Crippen molar-refractivity contribution in [2.75, 3.05) is 5.32 Å². The van der Waals surface area contributed by atoms with Gasteiger partial charge in [0, 0.05) is 40.5 Å². The van der Waals surface area contributed by atoms with E-state index in [1.165, 1.54) is 103 Å². The predicted octanol–water partition coefficient (Wildman–Crippen LogP) is 9.74. The van der Waals surface area contributed by atoms with E-state index >= 15 is 0 Å². The summed E-state index contributed by atoms with van der Waals surface area (Å²) in [4.78, 5) is 15.2. The van der Waals surface area contributed by atoms with Crippen LogP contribution in [0.4, 0.5) is 5.95 Å². The lowest BCUT2D eigenvalue weighted by Crippen LogP contribution is -2.58. The third-order valence-electron chi connectivity index (χ3n) is 11.3. The zero-order valence-corrected chi connectivity index (χ0v) is 31.2. The molecular formula is C39H72N6. The molecule has 4 rings (SSSR count). The highest BCUT2D eigenvalue weighted by atomic mass is 15.2. The Morgan fingerprint density at radius 1 is 0.667 bits per heavy atom. The minimum Gasteiger partial charge on any atom is -0.351 e. The van der Waals surface area contributed by atoms with Crippen molar-refractivity contribution in [2.45, 2.75) is 213 Å². The second-order valence-corrected chi connectivity index (χ2v) is 18.2. The van der Waals surface area contributed by atoms with Crippen LogP contribution in [0.1, 0.15) is 190 Å². The van der Waals surface area contributed by atoms with Crippen molar-refractivity contribution in [1.82, 2.24) is 25.6 Å². The number of nitrogens with one attached hydrogen (secondary N) is 3. The van der Waals surface area contributed by atoms with E-state index in [1.807, 2.05) is 0 Å². The molecule has 3 heterocycles. The molecule has 0 spiro atoms. The fourth-order valence-corrected chi connectivity index (χ4v) is 10.1. The third kappa shape index (κ3) is 11.2. The first-order valence-corrected chi connectivity index (χ1v) is 19.2. The summed E-state index contributed by atoms with van der Waals surface area (Å²) in [5.41, 5.74) is 0.707. The number of unbranched alkanes of at least 4 members (excludes halogenated alkanes) is 3. The molecule has 0 aromatic carbocycles. The average Bonchev–Trinajstić information content (AvgIpc) is 2.91. The van der Waals surface area contributed by atoms with Gasteiger partial charge in [-0.3, -0.25) is 0 Å². The van der Waals surface area contributed by atoms with Crippen molar-refractivity contribution in [2.24, 2.45) is 17.8 Å². The van der Waals surface area contributed by atoms with Crippen molar-refractivity contribution >= 4 is 5.95 Å². The summed E-state index contributed by atoms with van der Waals surface area (Å²) in [6.07, 6.45) is 21.4. The molecule has 2 aliphatic heterocycles. The van der Waals surface area contributed by atoms with Crippen LogP contribution in [-0.4, -0.2) is 43.1 Å². The summed E-state index contributed by atoms with van der Waals surface area (Å²) in [6.45, 7) is 23.8. The highest BCUT2D eigenvalue weighted by Gasteiger charge is 2.42. The van der Waals surface area contributed by atoms with Crippen molar-refractivity contribution < 1.29 is 0 Å². The second kappa shape index (κ2) is 15.3. The molecule has 0 radical (unpaired) electrons. The Kier molecular flexibility index (Phi) is 12.4. The fraction of sp³-hybridized carbons (Fsp3) is 0.923. The normalized spacial score (nSPS) is 25.1. The molecule has 1 aromatic rings. The smallest absolute Gasteiger partial charge is 0.226 e. The number of aromatic nitrogens is 3. The maximum Gasteiger partial charge on any atom is 0.226 e. The highest BCUT2D eigenvalue weighted by molar-refractivity contribution is 5.27. The molecule has 0 amide bonds. The van der Waals surface area contributed by atoms with Crippen LogP contribution in [0.5, 0.6) is 0 Å². The number of hydrogen-bond donors (Lipinski definition) is 3. The lowest BCUT2D eigenvalue weighted by molar-refractivity contribution is 0.0864. The number of aryl methyl sites for hydroxylation is 1. The van der Waals surface area contributed by atoms with E-state index in [0.717, 1.165) is 35.9 Å². The Hall–Kier alpha value is -1.27. The summed E-state index contributed by atoms with van der Waals surface area (Å²) in [5.74, 6) is 5.48. The summed E-state index contributed by atoms with van der Waals surface area (Å²) < 4.78 is 0. The molecule has 1 aromatic heterocycles. The molecule has 258 valence electrons. The van der Waals surface area contributed by atoms with Crippen LogP contribution in [0.25, 0.3) is 0 Å². The van der Waals surface area contributed by atoms with Gasteiger partial charge in [-0.05, 0) is 118 Å². The van der Waals surface area contributed by atoms with Crippen molar-refractivity contribution in [3.63, 3.8) is 0 Å². The van der Waals surface area contributed by atoms with Crippen molar-refractivity contribution in [3.8, 4) is 0 Å². The van der Waals surface area contributed by atoms with E-state index in [4.69, 9.17) is 15.0 Å². The number of piperidine rings is 2. The monoisotopic (exact) mass is 625 g/mol. The molecule has 6 nitrogen and oxygen atoms in total. The molecular weight excluding hydrogens is 552 g/mol. The SMILES string of the molecule is CCc1nc(NC2CCCCC2)nc(C(CCCCCCC(CC)C2CC(C)(C)NC(C)(C)C2)C2CC(C)(C)NC(C)(C)C2)n1. The van der Waals surface area contributed by atoms with Gasteiger partial charge in [0.2, 0.25) is 5.95 Å². The van der Waals surface area contributed by atoms with E-state index < -0.39 is 0 Å². The molecule has 2 atom stereocenters.